The Bertz CT molecular complexity index is 567. The van der Waals surface area contributed by atoms with Crippen molar-refractivity contribution < 1.29 is 4.74 Å². The van der Waals surface area contributed by atoms with Crippen LogP contribution in [0.5, 0.6) is 0 Å². The monoisotopic (exact) mass is 273 g/mol. The van der Waals surface area contributed by atoms with Crippen molar-refractivity contribution in [2.24, 2.45) is 5.73 Å². The fraction of sp³-hybridized carbons (Fsp3) is 0.250. The van der Waals surface area contributed by atoms with E-state index in [9.17, 15) is 0 Å². The van der Waals surface area contributed by atoms with Gasteiger partial charge in [0.15, 0.2) is 0 Å². The Morgan fingerprint density at radius 2 is 1.84 bits per heavy atom. The molecule has 0 radical (unpaired) electrons. The van der Waals surface area contributed by atoms with Crippen LogP contribution in [0.4, 0.5) is 0 Å². The SMILES string of the molecule is NC(c1ccc(Cl)cc1)C1OCCc2ccccc21. The Morgan fingerprint density at radius 1 is 1.11 bits per heavy atom. The summed E-state index contributed by atoms with van der Waals surface area (Å²) in [5.74, 6) is 0. The molecule has 3 heteroatoms. The maximum absolute atomic E-state index is 6.37. The van der Waals surface area contributed by atoms with Gasteiger partial charge in [0.1, 0.15) is 6.10 Å². The van der Waals surface area contributed by atoms with Gasteiger partial charge in [-0.2, -0.15) is 0 Å². The van der Waals surface area contributed by atoms with Gasteiger partial charge in [-0.1, -0.05) is 48.0 Å². The molecule has 1 heterocycles. The molecule has 2 N–H and O–H groups in total. The predicted octanol–water partition coefficient (Wildman–Crippen LogP) is 3.65. The van der Waals surface area contributed by atoms with Crippen LogP contribution in [0.1, 0.15) is 28.8 Å². The second-order valence-electron chi connectivity index (χ2n) is 4.82. The third-order valence-corrected chi connectivity index (χ3v) is 3.86. The van der Waals surface area contributed by atoms with E-state index in [0.717, 1.165) is 23.6 Å². The van der Waals surface area contributed by atoms with Crippen LogP contribution in [0.25, 0.3) is 0 Å². The van der Waals surface area contributed by atoms with E-state index < -0.39 is 0 Å². The molecule has 2 unspecified atom stereocenters. The summed E-state index contributed by atoms with van der Waals surface area (Å²) in [6.45, 7) is 0.725. The van der Waals surface area contributed by atoms with Crippen molar-refractivity contribution >= 4 is 11.6 Å². The summed E-state index contributed by atoms with van der Waals surface area (Å²) in [7, 11) is 0. The smallest absolute Gasteiger partial charge is 0.102 e. The van der Waals surface area contributed by atoms with Crippen molar-refractivity contribution in [1.29, 1.82) is 0 Å². The molecule has 0 spiro atoms. The van der Waals surface area contributed by atoms with E-state index in [1.807, 2.05) is 30.3 Å². The van der Waals surface area contributed by atoms with Crippen LogP contribution < -0.4 is 5.73 Å². The number of rotatable bonds is 2. The highest BCUT2D eigenvalue weighted by atomic mass is 35.5. The topological polar surface area (TPSA) is 35.2 Å². The van der Waals surface area contributed by atoms with Crippen molar-refractivity contribution in [1.82, 2.24) is 0 Å². The molecule has 0 aliphatic carbocycles. The third kappa shape index (κ3) is 2.52. The van der Waals surface area contributed by atoms with E-state index in [0.29, 0.717) is 0 Å². The Kier molecular flexibility index (Phi) is 3.56. The lowest BCUT2D eigenvalue weighted by molar-refractivity contribution is 0.0241. The van der Waals surface area contributed by atoms with Crippen LogP contribution >= 0.6 is 11.6 Å². The summed E-state index contributed by atoms with van der Waals surface area (Å²) in [4.78, 5) is 0. The van der Waals surface area contributed by atoms with Gasteiger partial charge in [-0.05, 0) is 35.2 Å². The van der Waals surface area contributed by atoms with Crippen LogP contribution in [-0.2, 0) is 11.2 Å². The zero-order valence-corrected chi connectivity index (χ0v) is 11.3. The van der Waals surface area contributed by atoms with Crippen LogP contribution in [0.3, 0.4) is 0 Å². The van der Waals surface area contributed by atoms with Gasteiger partial charge in [0, 0.05) is 5.02 Å². The maximum atomic E-state index is 6.37. The molecular weight excluding hydrogens is 258 g/mol. The second-order valence-corrected chi connectivity index (χ2v) is 5.25. The summed E-state index contributed by atoms with van der Waals surface area (Å²) in [6, 6.07) is 15.9. The van der Waals surface area contributed by atoms with Crippen LogP contribution in [0.2, 0.25) is 5.02 Å². The van der Waals surface area contributed by atoms with Gasteiger partial charge in [0.05, 0.1) is 12.6 Å². The van der Waals surface area contributed by atoms with Crippen molar-refractivity contribution in [3.8, 4) is 0 Å². The van der Waals surface area contributed by atoms with E-state index in [4.69, 9.17) is 22.1 Å². The molecule has 0 fully saturated rings. The number of hydrogen-bond donors (Lipinski definition) is 1. The Morgan fingerprint density at radius 3 is 2.63 bits per heavy atom. The average molecular weight is 274 g/mol. The Labute approximate surface area is 118 Å². The molecule has 0 bridgehead atoms. The predicted molar refractivity (Wildman–Crippen MR) is 77.2 cm³/mol. The summed E-state index contributed by atoms with van der Waals surface area (Å²) >= 11 is 5.91. The van der Waals surface area contributed by atoms with Crippen molar-refractivity contribution in [2.45, 2.75) is 18.6 Å². The molecular formula is C16H16ClNO. The molecule has 0 saturated carbocycles. The minimum absolute atomic E-state index is 0.0777. The number of fused-ring (bicyclic) bond motifs is 1. The van der Waals surface area contributed by atoms with Crippen LogP contribution in [0, 0.1) is 0 Å². The zero-order valence-electron chi connectivity index (χ0n) is 10.6. The van der Waals surface area contributed by atoms with Crippen LogP contribution in [-0.4, -0.2) is 6.61 Å². The molecule has 0 saturated heterocycles. The lowest BCUT2D eigenvalue weighted by Gasteiger charge is -2.30. The first-order valence-electron chi connectivity index (χ1n) is 6.46. The van der Waals surface area contributed by atoms with Gasteiger partial charge in [0.25, 0.3) is 0 Å². The highest BCUT2D eigenvalue weighted by Crippen LogP contribution is 2.35. The first kappa shape index (κ1) is 12.7. The first-order chi connectivity index (χ1) is 9.25. The average Bonchev–Trinajstić information content (AvgIpc) is 2.47. The van der Waals surface area contributed by atoms with E-state index in [-0.39, 0.29) is 12.1 Å². The molecule has 2 aromatic carbocycles. The molecule has 2 aromatic rings. The summed E-state index contributed by atoms with van der Waals surface area (Å²) < 4.78 is 5.89. The normalized spacial score (nSPS) is 19.8. The van der Waals surface area contributed by atoms with Crippen molar-refractivity contribution in [3.05, 3.63) is 70.2 Å². The summed E-state index contributed by atoms with van der Waals surface area (Å²) in [5.41, 5.74) is 9.95. The van der Waals surface area contributed by atoms with Gasteiger partial charge in [-0.25, -0.2) is 0 Å². The molecule has 98 valence electrons. The van der Waals surface area contributed by atoms with Crippen LogP contribution in [0.15, 0.2) is 48.5 Å². The second kappa shape index (κ2) is 5.33. The largest absolute Gasteiger partial charge is 0.371 e. The summed E-state index contributed by atoms with van der Waals surface area (Å²) in [6.07, 6.45) is 0.881. The number of nitrogens with two attached hydrogens (primary N) is 1. The van der Waals surface area contributed by atoms with Gasteiger partial charge in [-0.3, -0.25) is 0 Å². The summed E-state index contributed by atoms with van der Waals surface area (Å²) in [5, 5.41) is 0.723. The van der Waals surface area contributed by atoms with E-state index >= 15 is 0 Å². The molecule has 19 heavy (non-hydrogen) atoms. The molecule has 1 aliphatic heterocycles. The third-order valence-electron chi connectivity index (χ3n) is 3.61. The van der Waals surface area contributed by atoms with Gasteiger partial charge < -0.3 is 10.5 Å². The minimum atomic E-state index is -0.168. The minimum Gasteiger partial charge on any atom is -0.371 e. The lowest BCUT2D eigenvalue weighted by Crippen LogP contribution is -2.27. The van der Waals surface area contributed by atoms with Crippen molar-refractivity contribution in [3.63, 3.8) is 0 Å². The molecule has 0 amide bonds. The number of ether oxygens (including phenoxy) is 1. The van der Waals surface area contributed by atoms with Gasteiger partial charge >= 0.3 is 0 Å². The van der Waals surface area contributed by atoms with E-state index in [2.05, 4.69) is 18.2 Å². The Hall–Kier alpha value is -1.35. The number of benzene rings is 2. The number of hydrogen-bond acceptors (Lipinski definition) is 2. The molecule has 2 atom stereocenters. The van der Waals surface area contributed by atoms with Gasteiger partial charge in [0.2, 0.25) is 0 Å². The maximum Gasteiger partial charge on any atom is 0.102 e. The highest BCUT2D eigenvalue weighted by Gasteiger charge is 2.27. The quantitative estimate of drug-likeness (QED) is 0.906. The highest BCUT2D eigenvalue weighted by molar-refractivity contribution is 6.30. The van der Waals surface area contributed by atoms with E-state index in [1.54, 1.807) is 0 Å². The fourth-order valence-electron chi connectivity index (χ4n) is 2.58. The first-order valence-corrected chi connectivity index (χ1v) is 6.84. The van der Waals surface area contributed by atoms with Gasteiger partial charge in [-0.15, -0.1) is 0 Å². The standard InChI is InChI=1S/C16H16ClNO/c17-13-7-5-12(6-8-13)15(18)16-14-4-2-1-3-11(14)9-10-19-16/h1-8,15-16H,9-10,18H2. The zero-order chi connectivity index (χ0) is 13.2. The molecule has 2 nitrogen and oxygen atoms in total. The fourth-order valence-corrected chi connectivity index (χ4v) is 2.71. The molecule has 3 rings (SSSR count). The lowest BCUT2D eigenvalue weighted by atomic mass is 9.90. The number of halogens is 1. The van der Waals surface area contributed by atoms with E-state index in [1.165, 1.54) is 11.1 Å². The molecule has 1 aliphatic rings. The van der Waals surface area contributed by atoms with Crippen molar-refractivity contribution in [2.75, 3.05) is 6.61 Å². The Balaban J connectivity index is 1.92. The molecule has 0 aromatic heterocycles.